The highest BCUT2D eigenvalue weighted by molar-refractivity contribution is 7.11. The summed E-state index contributed by atoms with van der Waals surface area (Å²) in [5.74, 6) is 0.599. The van der Waals surface area contributed by atoms with Crippen molar-refractivity contribution in [2.24, 2.45) is 11.7 Å². The van der Waals surface area contributed by atoms with Crippen molar-refractivity contribution in [3.05, 3.63) is 16.1 Å². The van der Waals surface area contributed by atoms with Gasteiger partial charge in [-0.3, -0.25) is 0 Å². The van der Waals surface area contributed by atoms with Gasteiger partial charge in [0.15, 0.2) is 0 Å². The van der Waals surface area contributed by atoms with Crippen molar-refractivity contribution in [3.63, 3.8) is 0 Å². The molecule has 0 aliphatic carbocycles. The molecule has 2 atom stereocenters. The van der Waals surface area contributed by atoms with Crippen LogP contribution in [-0.2, 0) is 6.42 Å². The minimum Gasteiger partial charge on any atom is -0.330 e. The van der Waals surface area contributed by atoms with Crippen molar-refractivity contribution in [3.8, 4) is 0 Å². The van der Waals surface area contributed by atoms with Crippen LogP contribution in [0.2, 0.25) is 0 Å². The standard InChI is InChI=1S/C12H23N3S/c1-4-11-8-15-12(16-11)10(3)14-6-5-9(2)7-13/h8-10,14H,4-7,13H2,1-3H3. The normalized spacial score (nSPS) is 15.0. The van der Waals surface area contributed by atoms with Gasteiger partial charge in [0.2, 0.25) is 0 Å². The van der Waals surface area contributed by atoms with Gasteiger partial charge in [-0.25, -0.2) is 4.98 Å². The number of aromatic nitrogens is 1. The SMILES string of the molecule is CCc1cnc(C(C)NCCC(C)CN)s1. The lowest BCUT2D eigenvalue weighted by Gasteiger charge is -2.13. The van der Waals surface area contributed by atoms with Gasteiger partial charge >= 0.3 is 0 Å². The third-order valence-electron chi connectivity index (χ3n) is 2.78. The smallest absolute Gasteiger partial charge is 0.109 e. The Morgan fingerprint density at radius 1 is 1.50 bits per heavy atom. The van der Waals surface area contributed by atoms with Gasteiger partial charge in [0.05, 0.1) is 6.04 Å². The summed E-state index contributed by atoms with van der Waals surface area (Å²) in [6, 6.07) is 0.357. The molecule has 16 heavy (non-hydrogen) atoms. The summed E-state index contributed by atoms with van der Waals surface area (Å²) in [5, 5.41) is 4.69. The van der Waals surface area contributed by atoms with E-state index < -0.39 is 0 Å². The Morgan fingerprint density at radius 3 is 2.81 bits per heavy atom. The van der Waals surface area contributed by atoms with E-state index in [-0.39, 0.29) is 0 Å². The van der Waals surface area contributed by atoms with Gasteiger partial charge in [0.25, 0.3) is 0 Å². The Morgan fingerprint density at radius 2 is 2.25 bits per heavy atom. The maximum Gasteiger partial charge on any atom is 0.109 e. The second-order valence-electron chi connectivity index (χ2n) is 4.32. The number of hydrogen-bond acceptors (Lipinski definition) is 4. The minimum absolute atomic E-state index is 0.357. The van der Waals surface area contributed by atoms with Crippen LogP contribution in [0.4, 0.5) is 0 Å². The van der Waals surface area contributed by atoms with Gasteiger partial charge in [-0.1, -0.05) is 13.8 Å². The Hall–Kier alpha value is -0.450. The third-order valence-corrected chi connectivity index (χ3v) is 4.10. The molecule has 0 saturated heterocycles. The first-order valence-electron chi connectivity index (χ1n) is 6.05. The molecule has 4 heteroatoms. The van der Waals surface area contributed by atoms with Gasteiger partial charge in [0.1, 0.15) is 5.01 Å². The van der Waals surface area contributed by atoms with Crippen molar-refractivity contribution in [2.75, 3.05) is 13.1 Å². The summed E-state index contributed by atoms with van der Waals surface area (Å²) in [4.78, 5) is 5.80. The number of nitrogens with one attached hydrogen (secondary N) is 1. The molecule has 1 aromatic rings. The van der Waals surface area contributed by atoms with Crippen LogP contribution in [0.25, 0.3) is 0 Å². The van der Waals surface area contributed by atoms with Crippen LogP contribution >= 0.6 is 11.3 Å². The summed E-state index contributed by atoms with van der Waals surface area (Å²) < 4.78 is 0. The van der Waals surface area contributed by atoms with E-state index >= 15 is 0 Å². The predicted octanol–water partition coefficient (Wildman–Crippen LogP) is 2.34. The Labute approximate surface area is 102 Å². The highest BCUT2D eigenvalue weighted by atomic mass is 32.1. The first kappa shape index (κ1) is 13.6. The van der Waals surface area contributed by atoms with Gasteiger partial charge in [-0.2, -0.15) is 0 Å². The molecule has 0 aromatic carbocycles. The molecule has 0 spiro atoms. The summed E-state index contributed by atoms with van der Waals surface area (Å²) in [6.07, 6.45) is 4.20. The fourth-order valence-corrected chi connectivity index (χ4v) is 2.32. The highest BCUT2D eigenvalue weighted by Gasteiger charge is 2.09. The monoisotopic (exact) mass is 241 g/mol. The molecule has 0 saturated carbocycles. The third kappa shape index (κ3) is 4.20. The lowest BCUT2D eigenvalue weighted by atomic mass is 10.1. The van der Waals surface area contributed by atoms with Gasteiger partial charge < -0.3 is 11.1 Å². The maximum absolute atomic E-state index is 5.58. The zero-order valence-electron chi connectivity index (χ0n) is 10.5. The number of hydrogen-bond donors (Lipinski definition) is 2. The van der Waals surface area contributed by atoms with Crippen molar-refractivity contribution in [1.29, 1.82) is 0 Å². The highest BCUT2D eigenvalue weighted by Crippen LogP contribution is 2.20. The Balaban J connectivity index is 2.31. The number of aryl methyl sites for hydroxylation is 1. The molecule has 1 aromatic heterocycles. The van der Waals surface area contributed by atoms with E-state index in [1.54, 1.807) is 0 Å². The summed E-state index contributed by atoms with van der Waals surface area (Å²) in [5.41, 5.74) is 5.58. The molecule has 0 fully saturated rings. The van der Waals surface area contributed by atoms with Crippen LogP contribution < -0.4 is 11.1 Å². The van der Waals surface area contributed by atoms with Crippen LogP contribution in [0.15, 0.2) is 6.20 Å². The van der Waals surface area contributed by atoms with E-state index in [4.69, 9.17) is 5.73 Å². The zero-order chi connectivity index (χ0) is 12.0. The molecular formula is C12H23N3S. The fourth-order valence-electron chi connectivity index (χ4n) is 1.44. The van der Waals surface area contributed by atoms with Crippen molar-refractivity contribution >= 4 is 11.3 Å². The molecule has 3 N–H and O–H groups in total. The number of nitrogens with zero attached hydrogens (tertiary/aromatic N) is 1. The molecule has 1 rings (SSSR count). The zero-order valence-corrected chi connectivity index (χ0v) is 11.3. The summed E-state index contributed by atoms with van der Waals surface area (Å²) >= 11 is 1.81. The van der Waals surface area contributed by atoms with Crippen LogP contribution in [0, 0.1) is 5.92 Å². The van der Waals surface area contributed by atoms with Crippen LogP contribution in [-0.4, -0.2) is 18.1 Å². The van der Waals surface area contributed by atoms with E-state index in [9.17, 15) is 0 Å². The second kappa shape index (κ2) is 6.99. The molecule has 0 radical (unpaired) electrons. The Bertz CT molecular complexity index is 298. The predicted molar refractivity (Wildman–Crippen MR) is 70.7 cm³/mol. The van der Waals surface area contributed by atoms with Crippen LogP contribution in [0.3, 0.4) is 0 Å². The lowest BCUT2D eigenvalue weighted by molar-refractivity contribution is 0.478. The number of rotatable bonds is 7. The topological polar surface area (TPSA) is 50.9 Å². The number of nitrogens with two attached hydrogens (primary N) is 1. The van der Waals surface area contributed by atoms with E-state index in [0.717, 1.165) is 25.9 Å². The average molecular weight is 241 g/mol. The lowest BCUT2D eigenvalue weighted by Crippen LogP contribution is -2.23. The molecule has 3 nitrogen and oxygen atoms in total. The fraction of sp³-hybridized carbons (Fsp3) is 0.750. The average Bonchev–Trinajstić information content (AvgIpc) is 2.77. The van der Waals surface area contributed by atoms with Crippen LogP contribution in [0.1, 0.15) is 43.1 Å². The molecule has 92 valence electrons. The molecule has 0 aliphatic heterocycles. The van der Waals surface area contributed by atoms with E-state index in [1.807, 2.05) is 17.5 Å². The molecule has 0 bridgehead atoms. The van der Waals surface area contributed by atoms with E-state index in [0.29, 0.717) is 12.0 Å². The molecular weight excluding hydrogens is 218 g/mol. The Kier molecular flexibility index (Phi) is 5.95. The van der Waals surface area contributed by atoms with E-state index in [1.165, 1.54) is 9.88 Å². The summed E-state index contributed by atoms with van der Waals surface area (Å²) in [6.45, 7) is 8.31. The largest absolute Gasteiger partial charge is 0.330 e. The first-order valence-corrected chi connectivity index (χ1v) is 6.87. The van der Waals surface area contributed by atoms with Crippen molar-refractivity contribution < 1.29 is 0 Å². The maximum atomic E-state index is 5.58. The first-order chi connectivity index (χ1) is 7.67. The molecule has 0 amide bonds. The second-order valence-corrected chi connectivity index (χ2v) is 5.47. The van der Waals surface area contributed by atoms with Crippen molar-refractivity contribution in [2.45, 2.75) is 39.7 Å². The van der Waals surface area contributed by atoms with Crippen LogP contribution in [0.5, 0.6) is 0 Å². The molecule has 0 aliphatic rings. The van der Waals surface area contributed by atoms with E-state index in [2.05, 4.69) is 31.1 Å². The molecule has 1 heterocycles. The summed E-state index contributed by atoms with van der Waals surface area (Å²) in [7, 11) is 0. The van der Waals surface area contributed by atoms with Crippen molar-refractivity contribution in [1.82, 2.24) is 10.3 Å². The minimum atomic E-state index is 0.357. The van der Waals surface area contributed by atoms with Gasteiger partial charge in [-0.15, -0.1) is 11.3 Å². The molecule has 2 unspecified atom stereocenters. The van der Waals surface area contributed by atoms with Gasteiger partial charge in [-0.05, 0) is 38.8 Å². The quantitative estimate of drug-likeness (QED) is 0.770. The van der Waals surface area contributed by atoms with Gasteiger partial charge in [0, 0.05) is 11.1 Å². The number of thiazole rings is 1.